The smallest absolute Gasteiger partial charge is 0.243 e. The zero-order valence-corrected chi connectivity index (χ0v) is 12.5. The summed E-state index contributed by atoms with van der Waals surface area (Å²) in [7, 11) is 0. The molecule has 21 heavy (non-hydrogen) atoms. The quantitative estimate of drug-likeness (QED) is 0.853. The number of hydrogen-bond acceptors (Lipinski definition) is 3. The number of hydrogen-bond donors (Lipinski definition) is 2. The second-order valence-electron chi connectivity index (χ2n) is 4.37. The van der Waals surface area contributed by atoms with Crippen molar-refractivity contribution in [2.45, 2.75) is 6.92 Å². The molecule has 110 valence electrons. The Labute approximate surface area is 129 Å². The molecule has 0 heterocycles. The van der Waals surface area contributed by atoms with E-state index in [9.17, 15) is 4.79 Å². The van der Waals surface area contributed by atoms with Crippen LogP contribution < -0.4 is 15.4 Å². The first-order valence-electron chi connectivity index (χ1n) is 6.69. The highest BCUT2D eigenvalue weighted by Gasteiger charge is 2.03. The van der Waals surface area contributed by atoms with Crippen LogP contribution in [0.25, 0.3) is 0 Å². The van der Waals surface area contributed by atoms with Crippen LogP contribution in [0, 0.1) is 0 Å². The Morgan fingerprint density at radius 3 is 2.67 bits per heavy atom. The van der Waals surface area contributed by atoms with Crippen molar-refractivity contribution >= 4 is 28.9 Å². The lowest BCUT2D eigenvalue weighted by atomic mass is 10.3. The molecular formula is C16H17ClN2O2. The minimum absolute atomic E-state index is 0.136. The van der Waals surface area contributed by atoms with Crippen LogP contribution in [0.3, 0.4) is 0 Å². The highest BCUT2D eigenvalue weighted by Crippen LogP contribution is 2.17. The molecule has 0 atom stereocenters. The maximum atomic E-state index is 11.9. The van der Waals surface area contributed by atoms with Crippen molar-refractivity contribution in [2.75, 3.05) is 23.8 Å². The van der Waals surface area contributed by atoms with Gasteiger partial charge in [-0.1, -0.05) is 23.7 Å². The molecule has 0 saturated heterocycles. The first kappa shape index (κ1) is 15.2. The molecule has 0 unspecified atom stereocenters. The molecule has 2 rings (SSSR count). The predicted molar refractivity (Wildman–Crippen MR) is 86.2 cm³/mol. The maximum Gasteiger partial charge on any atom is 0.243 e. The summed E-state index contributed by atoms with van der Waals surface area (Å²) in [6, 6.07) is 14.5. The number of ether oxygens (including phenoxy) is 1. The van der Waals surface area contributed by atoms with Gasteiger partial charge in [-0.3, -0.25) is 4.79 Å². The van der Waals surface area contributed by atoms with E-state index < -0.39 is 0 Å². The Hall–Kier alpha value is -2.20. The fourth-order valence-electron chi connectivity index (χ4n) is 1.82. The fourth-order valence-corrected chi connectivity index (χ4v) is 2.01. The lowest BCUT2D eigenvalue weighted by Gasteiger charge is -2.09. The number of carbonyl (C=O) groups excluding carboxylic acids is 1. The monoisotopic (exact) mass is 304 g/mol. The number of carbonyl (C=O) groups is 1. The number of halogens is 1. The fraction of sp³-hybridized carbons (Fsp3) is 0.188. The van der Waals surface area contributed by atoms with Gasteiger partial charge in [0.25, 0.3) is 0 Å². The molecule has 4 nitrogen and oxygen atoms in total. The van der Waals surface area contributed by atoms with Crippen molar-refractivity contribution in [1.29, 1.82) is 0 Å². The van der Waals surface area contributed by atoms with Crippen LogP contribution in [-0.2, 0) is 4.79 Å². The maximum absolute atomic E-state index is 11.9. The Morgan fingerprint density at radius 1 is 1.14 bits per heavy atom. The topological polar surface area (TPSA) is 50.4 Å². The highest BCUT2D eigenvalue weighted by molar-refractivity contribution is 6.30. The lowest BCUT2D eigenvalue weighted by molar-refractivity contribution is -0.114. The van der Waals surface area contributed by atoms with Gasteiger partial charge in [-0.15, -0.1) is 0 Å². The first-order chi connectivity index (χ1) is 10.2. The molecular weight excluding hydrogens is 288 g/mol. The van der Waals surface area contributed by atoms with Crippen molar-refractivity contribution < 1.29 is 9.53 Å². The van der Waals surface area contributed by atoms with E-state index in [-0.39, 0.29) is 12.5 Å². The molecule has 5 heteroatoms. The summed E-state index contributed by atoms with van der Waals surface area (Å²) in [5.74, 6) is 0.599. The van der Waals surface area contributed by atoms with Gasteiger partial charge >= 0.3 is 0 Å². The minimum atomic E-state index is -0.136. The van der Waals surface area contributed by atoms with Crippen LogP contribution in [0.5, 0.6) is 5.75 Å². The third-order valence-electron chi connectivity index (χ3n) is 2.71. The van der Waals surface area contributed by atoms with Crippen LogP contribution in [-0.4, -0.2) is 19.1 Å². The molecule has 0 spiro atoms. The average Bonchev–Trinajstić information content (AvgIpc) is 2.46. The number of amides is 1. The van der Waals surface area contributed by atoms with Crippen molar-refractivity contribution in [2.24, 2.45) is 0 Å². The third kappa shape index (κ3) is 5.00. The number of rotatable bonds is 6. The number of anilines is 2. The number of nitrogens with one attached hydrogen (secondary N) is 2. The van der Waals surface area contributed by atoms with E-state index in [2.05, 4.69) is 10.6 Å². The van der Waals surface area contributed by atoms with E-state index in [1.54, 1.807) is 18.2 Å². The van der Waals surface area contributed by atoms with Crippen molar-refractivity contribution in [3.8, 4) is 5.75 Å². The SMILES string of the molecule is CCOc1cccc(NC(=O)CNc2cccc(Cl)c2)c1. The summed E-state index contributed by atoms with van der Waals surface area (Å²) in [4.78, 5) is 11.9. The van der Waals surface area contributed by atoms with Crippen LogP contribution >= 0.6 is 11.6 Å². The second kappa shape index (κ2) is 7.55. The molecule has 0 aromatic heterocycles. The summed E-state index contributed by atoms with van der Waals surface area (Å²) in [6.07, 6.45) is 0. The van der Waals surface area contributed by atoms with Gasteiger partial charge in [0.1, 0.15) is 5.75 Å². The van der Waals surface area contributed by atoms with Crippen LogP contribution in [0.1, 0.15) is 6.92 Å². The van der Waals surface area contributed by atoms with Crippen molar-refractivity contribution in [1.82, 2.24) is 0 Å². The largest absolute Gasteiger partial charge is 0.494 e. The van der Waals surface area contributed by atoms with Crippen LogP contribution in [0.2, 0.25) is 5.02 Å². The summed E-state index contributed by atoms with van der Waals surface area (Å²) in [5, 5.41) is 6.46. The van der Waals surface area contributed by atoms with E-state index in [1.165, 1.54) is 0 Å². The number of benzene rings is 2. The Morgan fingerprint density at radius 2 is 1.90 bits per heavy atom. The van der Waals surface area contributed by atoms with Crippen molar-refractivity contribution in [3.63, 3.8) is 0 Å². The van der Waals surface area contributed by atoms with Crippen LogP contribution in [0.4, 0.5) is 11.4 Å². The van der Waals surface area contributed by atoms with E-state index in [0.29, 0.717) is 17.3 Å². The third-order valence-corrected chi connectivity index (χ3v) is 2.94. The predicted octanol–water partition coefficient (Wildman–Crippen LogP) is 3.79. The summed E-state index contributed by atoms with van der Waals surface area (Å²) >= 11 is 5.88. The molecule has 0 aliphatic rings. The molecule has 0 fully saturated rings. The zero-order valence-electron chi connectivity index (χ0n) is 11.7. The van der Waals surface area contributed by atoms with Crippen molar-refractivity contribution in [3.05, 3.63) is 53.6 Å². The van der Waals surface area contributed by atoms with E-state index >= 15 is 0 Å². The molecule has 0 saturated carbocycles. The van der Waals surface area contributed by atoms with Gasteiger partial charge in [0.2, 0.25) is 5.91 Å². The van der Waals surface area contributed by atoms with Gasteiger partial charge in [-0.2, -0.15) is 0 Å². The van der Waals surface area contributed by atoms with Crippen LogP contribution in [0.15, 0.2) is 48.5 Å². The molecule has 2 N–H and O–H groups in total. The zero-order chi connectivity index (χ0) is 15.1. The highest BCUT2D eigenvalue weighted by atomic mass is 35.5. The second-order valence-corrected chi connectivity index (χ2v) is 4.81. The molecule has 0 bridgehead atoms. The summed E-state index contributed by atoms with van der Waals surface area (Å²) in [6.45, 7) is 2.67. The Bertz CT molecular complexity index is 617. The van der Waals surface area contributed by atoms with E-state index in [4.69, 9.17) is 16.3 Å². The normalized spacial score (nSPS) is 10.0. The molecule has 0 aliphatic carbocycles. The standard InChI is InChI=1S/C16H17ClN2O2/c1-2-21-15-8-4-7-14(10-15)19-16(20)11-18-13-6-3-5-12(17)9-13/h3-10,18H,2,11H2,1H3,(H,19,20). The van der Waals surface area contributed by atoms with Gasteiger partial charge in [-0.25, -0.2) is 0 Å². The Kier molecular flexibility index (Phi) is 5.46. The van der Waals surface area contributed by atoms with Gasteiger partial charge in [0.05, 0.1) is 13.2 Å². The molecule has 2 aromatic carbocycles. The minimum Gasteiger partial charge on any atom is -0.494 e. The van der Waals surface area contributed by atoms with Gasteiger partial charge < -0.3 is 15.4 Å². The molecule has 1 amide bonds. The summed E-state index contributed by atoms with van der Waals surface area (Å²) in [5.41, 5.74) is 1.51. The molecule has 0 aliphatic heterocycles. The molecule has 2 aromatic rings. The van der Waals surface area contributed by atoms with Gasteiger partial charge in [-0.05, 0) is 37.3 Å². The Balaban J connectivity index is 1.88. The van der Waals surface area contributed by atoms with E-state index in [1.807, 2.05) is 37.3 Å². The van der Waals surface area contributed by atoms with E-state index in [0.717, 1.165) is 11.4 Å². The van der Waals surface area contributed by atoms with Gasteiger partial charge in [0.15, 0.2) is 0 Å². The van der Waals surface area contributed by atoms with Gasteiger partial charge in [0, 0.05) is 22.5 Å². The summed E-state index contributed by atoms with van der Waals surface area (Å²) < 4.78 is 5.39. The average molecular weight is 305 g/mol. The first-order valence-corrected chi connectivity index (χ1v) is 7.07. The lowest BCUT2D eigenvalue weighted by Crippen LogP contribution is -2.21. The molecule has 0 radical (unpaired) electrons.